The van der Waals surface area contributed by atoms with Crippen LogP contribution in [-0.2, 0) is 6.61 Å². The zero-order valence-corrected chi connectivity index (χ0v) is 18.7. The van der Waals surface area contributed by atoms with Gasteiger partial charge in [0.25, 0.3) is 5.91 Å². The Morgan fingerprint density at radius 2 is 2.03 bits per heavy atom. The number of methoxy groups -OCH3 is 1. The average Bonchev–Trinajstić information content (AvgIpc) is 3.43. The lowest BCUT2D eigenvalue weighted by molar-refractivity contribution is 0.0946. The van der Waals surface area contributed by atoms with Crippen molar-refractivity contribution in [1.29, 1.82) is 0 Å². The summed E-state index contributed by atoms with van der Waals surface area (Å²) in [4.78, 5) is 12.7. The lowest BCUT2D eigenvalue weighted by atomic mass is 10.1. The second kappa shape index (κ2) is 9.81. The van der Waals surface area contributed by atoms with Crippen molar-refractivity contribution in [3.8, 4) is 17.3 Å². The van der Waals surface area contributed by atoms with Gasteiger partial charge in [-0.25, -0.2) is 10.1 Å². The molecule has 0 fully saturated rings. The van der Waals surface area contributed by atoms with E-state index in [9.17, 15) is 4.79 Å². The van der Waals surface area contributed by atoms with Gasteiger partial charge in [0.05, 0.1) is 19.0 Å². The van der Waals surface area contributed by atoms with E-state index in [1.165, 1.54) is 6.21 Å². The van der Waals surface area contributed by atoms with Crippen LogP contribution in [0.5, 0.6) is 11.5 Å². The summed E-state index contributed by atoms with van der Waals surface area (Å²) in [7, 11) is 1.56. The molecule has 0 spiro atoms. The highest BCUT2D eigenvalue weighted by atomic mass is 16.6. The predicted molar refractivity (Wildman–Crippen MR) is 122 cm³/mol. The first-order valence-electron chi connectivity index (χ1n) is 10.2. The van der Waals surface area contributed by atoms with Crippen LogP contribution >= 0.6 is 0 Å². The molecular formula is C22H22N8O4. The number of anilines is 1. The summed E-state index contributed by atoms with van der Waals surface area (Å²) < 4.78 is 17.1. The summed E-state index contributed by atoms with van der Waals surface area (Å²) in [5.41, 5.74) is 11.5. The number of nitrogens with two attached hydrogens (primary N) is 1. The Morgan fingerprint density at radius 1 is 1.21 bits per heavy atom. The van der Waals surface area contributed by atoms with Gasteiger partial charge in [0.1, 0.15) is 6.61 Å². The molecule has 34 heavy (non-hydrogen) atoms. The molecule has 4 rings (SSSR count). The van der Waals surface area contributed by atoms with Gasteiger partial charge in [0.15, 0.2) is 17.2 Å². The zero-order chi connectivity index (χ0) is 24.1. The predicted octanol–water partition coefficient (Wildman–Crippen LogP) is 2.20. The molecule has 0 bridgehead atoms. The highest BCUT2D eigenvalue weighted by molar-refractivity contribution is 5.94. The summed E-state index contributed by atoms with van der Waals surface area (Å²) in [5, 5.41) is 18.9. The van der Waals surface area contributed by atoms with Gasteiger partial charge >= 0.3 is 0 Å². The number of hydrogen-bond donors (Lipinski definition) is 2. The van der Waals surface area contributed by atoms with E-state index in [4.69, 9.17) is 15.2 Å². The molecule has 174 valence electrons. The number of carbonyl (C=O) groups excluding carboxylic acids is 1. The van der Waals surface area contributed by atoms with E-state index in [0.717, 1.165) is 15.8 Å². The largest absolute Gasteiger partial charge is 0.493 e. The van der Waals surface area contributed by atoms with E-state index in [1.807, 2.05) is 31.2 Å². The number of ether oxygens (including phenoxy) is 2. The Kier molecular flexibility index (Phi) is 6.48. The summed E-state index contributed by atoms with van der Waals surface area (Å²) >= 11 is 0. The van der Waals surface area contributed by atoms with Crippen molar-refractivity contribution in [2.75, 3.05) is 12.8 Å². The number of nitrogens with zero attached hydrogens (tertiary/aromatic N) is 6. The van der Waals surface area contributed by atoms with Gasteiger partial charge in [-0.3, -0.25) is 4.79 Å². The Hall–Kier alpha value is -4.74. The van der Waals surface area contributed by atoms with Crippen molar-refractivity contribution in [3.05, 3.63) is 70.5 Å². The molecule has 4 aromatic rings. The van der Waals surface area contributed by atoms with Crippen molar-refractivity contribution >= 4 is 17.9 Å². The van der Waals surface area contributed by atoms with Gasteiger partial charge in [-0.05, 0) is 59.1 Å². The first-order valence-corrected chi connectivity index (χ1v) is 10.2. The summed E-state index contributed by atoms with van der Waals surface area (Å²) in [6.45, 7) is 4.07. The van der Waals surface area contributed by atoms with Gasteiger partial charge in [-0.2, -0.15) is 9.78 Å². The third kappa shape index (κ3) is 4.70. The summed E-state index contributed by atoms with van der Waals surface area (Å²) in [5.74, 6) is 0.596. The molecular weight excluding hydrogens is 440 g/mol. The molecule has 0 aliphatic rings. The quantitative estimate of drug-likeness (QED) is 0.296. The number of benzene rings is 2. The monoisotopic (exact) mass is 462 g/mol. The third-order valence-corrected chi connectivity index (χ3v) is 4.96. The van der Waals surface area contributed by atoms with Gasteiger partial charge < -0.3 is 15.2 Å². The Labute approximate surface area is 194 Å². The second-order valence-corrected chi connectivity index (χ2v) is 7.23. The van der Waals surface area contributed by atoms with E-state index in [2.05, 4.69) is 35.8 Å². The molecule has 0 radical (unpaired) electrons. The fourth-order valence-corrected chi connectivity index (χ4v) is 3.13. The maximum absolute atomic E-state index is 12.7. The molecule has 2 heterocycles. The Morgan fingerprint density at radius 3 is 2.76 bits per heavy atom. The third-order valence-electron chi connectivity index (χ3n) is 4.96. The molecule has 2 aromatic heterocycles. The number of aromatic nitrogens is 5. The van der Waals surface area contributed by atoms with Crippen LogP contribution in [0.4, 0.5) is 5.82 Å². The minimum absolute atomic E-state index is 0.0284. The number of nitrogen functional groups attached to an aromatic ring is 1. The molecule has 0 saturated heterocycles. The van der Waals surface area contributed by atoms with Crippen molar-refractivity contribution < 1.29 is 18.9 Å². The molecule has 3 N–H and O–H groups in total. The number of amides is 1. The number of nitrogens with one attached hydrogen (secondary N) is 1. The molecule has 2 aromatic carbocycles. The Balaban J connectivity index is 1.44. The van der Waals surface area contributed by atoms with E-state index >= 15 is 0 Å². The minimum atomic E-state index is -0.564. The molecule has 0 aliphatic carbocycles. The average molecular weight is 462 g/mol. The molecule has 0 saturated carbocycles. The van der Waals surface area contributed by atoms with E-state index in [1.54, 1.807) is 32.2 Å². The summed E-state index contributed by atoms with van der Waals surface area (Å²) in [6, 6.07) is 13.3. The van der Waals surface area contributed by atoms with Gasteiger partial charge in [0.2, 0.25) is 11.6 Å². The van der Waals surface area contributed by atoms with Gasteiger partial charge in [0, 0.05) is 0 Å². The fourth-order valence-electron chi connectivity index (χ4n) is 3.13. The van der Waals surface area contributed by atoms with Crippen molar-refractivity contribution in [2.24, 2.45) is 5.10 Å². The van der Waals surface area contributed by atoms with Crippen LogP contribution in [0.1, 0.15) is 32.9 Å². The highest BCUT2D eigenvalue weighted by Gasteiger charge is 2.22. The van der Waals surface area contributed by atoms with Crippen molar-refractivity contribution in [2.45, 2.75) is 20.5 Å². The zero-order valence-electron chi connectivity index (χ0n) is 18.7. The number of rotatable bonds is 8. The van der Waals surface area contributed by atoms with Crippen LogP contribution in [0.3, 0.4) is 0 Å². The Bertz CT molecular complexity index is 1340. The number of carbonyl (C=O) groups is 1. The van der Waals surface area contributed by atoms with E-state index < -0.39 is 5.91 Å². The SMILES string of the molecule is COc1cc(/C=N\NC(=O)c2c(C)nnn2-c2nonc2N)ccc1OCc1ccccc1C. The number of hydrogen-bond acceptors (Lipinski definition) is 10. The molecule has 0 aliphatic heterocycles. The van der Waals surface area contributed by atoms with Crippen LogP contribution in [0.15, 0.2) is 52.2 Å². The van der Waals surface area contributed by atoms with Crippen LogP contribution in [-0.4, -0.2) is 44.5 Å². The van der Waals surface area contributed by atoms with Gasteiger partial charge in [-0.15, -0.1) is 5.10 Å². The summed E-state index contributed by atoms with van der Waals surface area (Å²) in [6.07, 6.45) is 1.47. The number of hydrazone groups is 1. The van der Waals surface area contributed by atoms with E-state index in [-0.39, 0.29) is 17.3 Å². The maximum Gasteiger partial charge on any atom is 0.292 e. The lowest BCUT2D eigenvalue weighted by Gasteiger charge is -2.12. The molecule has 0 unspecified atom stereocenters. The van der Waals surface area contributed by atoms with Crippen LogP contribution in [0, 0.1) is 13.8 Å². The standard InChI is InChI=1S/C22H22N8O4/c1-13-6-4-5-7-16(13)12-33-17-9-8-15(10-18(17)32-3)11-24-26-22(31)19-14(2)25-29-30(19)21-20(23)27-34-28-21/h4-11H,12H2,1-3H3,(H2,23,27)(H,26,31)/b24-11-. The maximum atomic E-state index is 12.7. The topological polar surface area (TPSA) is 156 Å². The smallest absolute Gasteiger partial charge is 0.292 e. The van der Waals surface area contributed by atoms with Gasteiger partial charge in [-0.1, -0.05) is 29.5 Å². The molecule has 12 nitrogen and oxygen atoms in total. The second-order valence-electron chi connectivity index (χ2n) is 7.23. The first-order chi connectivity index (χ1) is 16.5. The van der Waals surface area contributed by atoms with Crippen molar-refractivity contribution in [3.63, 3.8) is 0 Å². The van der Waals surface area contributed by atoms with Crippen molar-refractivity contribution in [1.82, 2.24) is 30.7 Å². The van der Waals surface area contributed by atoms with Crippen LogP contribution in [0.25, 0.3) is 5.82 Å². The normalized spacial score (nSPS) is 11.0. The molecule has 0 atom stereocenters. The minimum Gasteiger partial charge on any atom is -0.493 e. The molecule has 12 heteroatoms. The fraction of sp³-hybridized carbons (Fsp3) is 0.182. The van der Waals surface area contributed by atoms with Crippen LogP contribution < -0.4 is 20.6 Å². The lowest BCUT2D eigenvalue weighted by Crippen LogP contribution is -2.22. The van der Waals surface area contributed by atoms with Crippen LogP contribution in [0.2, 0.25) is 0 Å². The highest BCUT2D eigenvalue weighted by Crippen LogP contribution is 2.28. The first kappa shape index (κ1) is 22.5. The number of aryl methyl sites for hydroxylation is 2. The van der Waals surface area contributed by atoms with E-state index in [0.29, 0.717) is 29.4 Å². The molecule has 1 amide bonds.